The Morgan fingerprint density at radius 1 is 1.46 bits per heavy atom. The summed E-state index contributed by atoms with van der Waals surface area (Å²) in [6, 6.07) is 0.417. The number of nitrogens with one attached hydrogen (secondary N) is 1. The highest BCUT2D eigenvalue weighted by molar-refractivity contribution is 5.73. The lowest BCUT2D eigenvalue weighted by Crippen LogP contribution is -2.41. The van der Waals surface area contributed by atoms with Crippen molar-refractivity contribution in [2.75, 3.05) is 0 Å². The largest absolute Gasteiger partial charge is 0.354 e. The van der Waals surface area contributed by atoms with Gasteiger partial charge in [-0.05, 0) is 30.6 Å². The standard InChI is InChI=1S/C11H21NO/c1-8-7-10(12-9(2)13)5-6-11(8,3)4/h8,10H,5-7H2,1-4H3,(H,12,13)/t8-,10?/m0/s1. The Bertz CT molecular complexity index is 198. The van der Waals surface area contributed by atoms with E-state index in [4.69, 9.17) is 0 Å². The Labute approximate surface area is 81.1 Å². The molecule has 0 aromatic heterocycles. The Morgan fingerprint density at radius 2 is 2.08 bits per heavy atom. The minimum Gasteiger partial charge on any atom is -0.354 e. The lowest BCUT2D eigenvalue weighted by Gasteiger charge is -2.40. The highest BCUT2D eigenvalue weighted by Crippen LogP contribution is 2.40. The molecule has 1 N–H and O–H groups in total. The second-order valence-electron chi connectivity index (χ2n) is 5.06. The van der Waals surface area contributed by atoms with E-state index in [2.05, 4.69) is 26.1 Å². The molecule has 2 nitrogen and oxygen atoms in total. The highest BCUT2D eigenvalue weighted by atomic mass is 16.1. The zero-order chi connectivity index (χ0) is 10.1. The van der Waals surface area contributed by atoms with Gasteiger partial charge >= 0.3 is 0 Å². The van der Waals surface area contributed by atoms with Gasteiger partial charge in [0.25, 0.3) is 0 Å². The third kappa shape index (κ3) is 2.71. The monoisotopic (exact) mass is 183 g/mol. The van der Waals surface area contributed by atoms with Gasteiger partial charge in [-0.3, -0.25) is 4.79 Å². The van der Waals surface area contributed by atoms with Gasteiger partial charge in [0.1, 0.15) is 0 Å². The van der Waals surface area contributed by atoms with Gasteiger partial charge in [-0.1, -0.05) is 20.8 Å². The zero-order valence-electron chi connectivity index (χ0n) is 9.18. The molecule has 2 heteroatoms. The van der Waals surface area contributed by atoms with Crippen LogP contribution in [0.1, 0.15) is 47.0 Å². The molecule has 0 aromatic carbocycles. The first kappa shape index (κ1) is 10.6. The van der Waals surface area contributed by atoms with Crippen molar-refractivity contribution in [2.45, 2.75) is 53.0 Å². The molecule has 0 aromatic rings. The number of hydrogen-bond donors (Lipinski definition) is 1. The molecule has 0 heterocycles. The molecular formula is C11H21NO. The third-order valence-corrected chi connectivity index (χ3v) is 3.52. The average molecular weight is 183 g/mol. The van der Waals surface area contributed by atoms with Crippen LogP contribution in [0.4, 0.5) is 0 Å². The zero-order valence-corrected chi connectivity index (χ0v) is 9.18. The van der Waals surface area contributed by atoms with E-state index in [1.54, 1.807) is 6.92 Å². The summed E-state index contributed by atoms with van der Waals surface area (Å²) >= 11 is 0. The second kappa shape index (κ2) is 3.69. The van der Waals surface area contributed by atoms with E-state index in [9.17, 15) is 4.79 Å². The van der Waals surface area contributed by atoms with E-state index >= 15 is 0 Å². The first-order valence-corrected chi connectivity index (χ1v) is 5.19. The molecule has 1 saturated carbocycles. The molecule has 1 fully saturated rings. The maximum Gasteiger partial charge on any atom is 0.217 e. The Hall–Kier alpha value is -0.530. The topological polar surface area (TPSA) is 29.1 Å². The molecule has 0 radical (unpaired) electrons. The fourth-order valence-corrected chi connectivity index (χ4v) is 2.07. The average Bonchev–Trinajstić information content (AvgIpc) is 1.97. The summed E-state index contributed by atoms with van der Waals surface area (Å²) in [6.07, 6.45) is 3.49. The molecule has 1 aliphatic carbocycles. The van der Waals surface area contributed by atoms with E-state index in [1.165, 1.54) is 6.42 Å². The summed E-state index contributed by atoms with van der Waals surface area (Å²) in [5, 5.41) is 3.01. The van der Waals surface area contributed by atoms with E-state index in [1.807, 2.05) is 0 Å². The molecule has 0 saturated heterocycles. The summed E-state index contributed by atoms with van der Waals surface area (Å²) in [7, 11) is 0. The SMILES string of the molecule is CC(=O)NC1CCC(C)(C)[C@@H](C)C1. The number of hydrogen-bond acceptors (Lipinski definition) is 1. The van der Waals surface area contributed by atoms with E-state index in [-0.39, 0.29) is 5.91 Å². The van der Waals surface area contributed by atoms with Gasteiger partial charge in [0.15, 0.2) is 0 Å². The second-order valence-corrected chi connectivity index (χ2v) is 5.06. The molecule has 1 unspecified atom stereocenters. The van der Waals surface area contributed by atoms with Gasteiger partial charge in [0.2, 0.25) is 5.91 Å². The van der Waals surface area contributed by atoms with Crippen molar-refractivity contribution in [3.05, 3.63) is 0 Å². The van der Waals surface area contributed by atoms with Gasteiger partial charge in [-0.15, -0.1) is 0 Å². The molecule has 13 heavy (non-hydrogen) atoms. The minimum absolute atomic E-state index is 0.108. The van der Waals surface area contributed by atoms with Crippen LogP contribution in [-0.4, -0.2) is 11.9 Å². The van der Waals surface area contributed by atoms with Crippen LogP contribution in [0.15, 0.2) is 0 Å². The summed E-state index contributed by atoms with van der Waals surface area (Å²) in [5.41, 5.74) is 0.453. The third-order valence-electron chi connectivity index (χ3n) is 3.52. The number of carbonyl (C=O) groups excluding carboxylic acids is 1. The van der Waals surface area contributed by atoms with Crippen LogP contribution in [0.2, 0.25) is 0 Å². The number of carbonyl (C=O) groups is 1. The van der Waals surface area contributed by atoms with Gasteiger partial charge in [0, 0.05) is 13.0 Å². The quantitative estimate of drug-likeness (QED) is 0.664. The van der Waals surface area contributed by atoms with Crippen molar-refractivity contribution in [1.82, 2.24) is 5.32 Å². The maximum absolute atomic E-state index is 10.9. The van der Waals surface area contributed by atoms with Crippen LogP contribution in [0, 0.1) is 11.3 Å². The predicted molar refractivity (Wildman–Crippen MR) is 54.4 cm³/mol. The Balaban J connectivity index is 2.46. The van der Waals surface area contributed by atoms with Crippen LogP contribution in [-0.2, 0) is 4.79 Å². The van der Waals surface area contributed by atoms with Crippen LogP contribution in [0.3, 0.4) is 0 Å². The van der Waals surface area contributed by atoms with Gasteiger partial charge in [-0.2, -0.15) is 0 Å². The summed E-state index contributed by atoms with van der Waals surface area (Å²) in [4.78, 5) is 10.9. The van der Waals surface area contributed by atoms with Crippen LogP contribution < -0.4 is 5.32 Å². The molecule has 1 aliphatic rings. The number of amides is 1. The Morgan fingerprint density at radius 3 is 2.54 bits per heavy atom. The van der Waals surface area contributed by atoms with E-state index in [0.29, 0.717) is 17.4 Å². The molecule has 76 valence electrons. The summed E-state index contributed by atoms with van der Waals surface area (Å²) in [5.74, 6) is 0.815. The van der Waals surface area contributed by atoms with Crippen molar-refractivity contribution >= 4 is 5.91 Å². The smallest absolute Gasteiger partial charge is 0.217 e. The van der Waals surface area contributed by atoms with E-state index in [0.717, 1.165) is 12.8 Å². The lowest BCUT2D eigenvalue weighted by molar-refractivity contribution is -0.120. The predicted octanol–water partition coefficient (Wildman–Crippen LogP) is 2.34. The molecular weight excluding hydrogens is 162 g/mol. The highest BCUT2D eigenvalue weighted by Gasteiger charge is 2.33. The summed E-state index contributed by atoms with van der Waals surface area (Å²) < 4.78 is 0. The van der Waals surface area contributed by atoms with Gasteiger partial charge in [-0.25, -0.2) is 0 Å². The molecule has 2 atom stereocenters. The lowest BCUT2D eigenvalue weighted by atomic mass is 9.68. The van der Waals surface area contributed by atoms with Crippen molar-refractivity contribution in [1.29, 1.82) is 0 Å². The van der Waals surface area contributed by atoms with Crippen molar-refractivity contribution in [3.63, 3.8) is 0 Å². The fraction of sp³-hybridized carbons (Fsp3) is 0.909. The molecule has 0 bridgehead atoms. The minimum atomic E-state index is 0.108. The maximum atomic E-state index is 10.9. The normalized spacial score (nSPS) is 32.6. The van der Waals surface area contributed by atoms with Crippen molar-refractivity contribution in [3.8, 4) is 0 Å². The Kier molecular flexibility index (Phi) is 2.99. The van der Waals surface area contributed by atoms with E-state index < -0.39 is 0 Å². The van der Waals surface area contributed by atoms with Crippen molar-refractivity contribution < 1.29 is 4.79 Å². The fourth-order valence-electron chi connectivity index (χ4n) is 2.07. The number of rotatable bonds is 1. The summed E-state index contributed by atoms with van der Waals surface area (Å²) in [6.45, 7) is 8.53. The molecule has 1 amide bonds. The first-order valence-electron chi connectivity index (χ1n) is 5.19. The van der Waals surface area contributed by atoms with Crippen molar-refractivity contribution in [2.24, 2.45) is 11.3 Å². The molecule has 0 spiro atoms. The van der Waals surface area contributed by atoms with Gasteiger partial charge < -0.3 is 5.32 Å². The molecule has 0 aliphatic heterocycles. The van der Waals surface area contributed by atoms with Crippen LogP contribution in [0.25, 0.3) is 0 Å². The van der Waals surface area contributed by atoms with Crippen LogP contribution in [0.5, 0.6) is 0 Å². The van der Waals surface area contributed by atoms with Gasteiger partial charge in [0.05, 0.1) is 0 Å². The molecule has 1 rings (SSSR count). The van der Waals surface area contributed by atoms with Crippen LogP contribution >= 0.6 is 0 Å². The first-order chi connectivity index (χ1) is 5.92.